The number of halogens is 1. The van der Waals surface area contributed by atoms with Gasteiger partial charge in [0.1, 0.15) is 5.82 Å². The van der Waals surface area contributed by atoms with Crippen LogP contribution in [0.3, 0.4) is 0 Å². The number of carbonyl (C=O) groups excluding carboxylic acids is 1. The van der Waals surface area contributed by atoms with Crippen LogP contribution in [-0.2, 0) is 4.79 Å². The van der Waals surface area contributed by atoms with Crippen molar-refractivity contribution in [3.05, 3.63) is 29.1 Å². The number of benzene rings is 1. The first-order valence-electron chi connectivity index (χ1n) is 6.27. The van der Waals surface area contributed by atoms with E-state index in [-0.39, 0.29) is 11.5 Å². The molecule has 1 saturated carbocycles. The van der Waals surface area contributed by atoms with Gasteiger partial charge in [-0.25, -0.2) is 4.39 Å². The van der Waals surface area contributed by atoms with Crippen LogP contribution >= 0.6 is 0 Å². The van der Waals surface area contributed by atoms with Crippen molar-refractivity contribution in [1.29, 1.82) is 5.26 Å². The Morgan fingerprint density at radius 3 is 2.68 bits per heavy atom. The molecule has 1 aliphatic rings. The normalized spacial score (nSPS) is 16.9. The molecule has 3 N–H and O–H groups in total. The Morgan fingerprint density at radius 1 is 1.47 bits per heavy atom. The van der Waals surface area contributed by atoms with Crippen molar-refractivity contribution in [3.63, 3.8) is 0 Å². The number of amides is 1. The van der Waals surface area contributed by atoms with E-state index in [4.69, 9.17) is 11.0 Å². The highest BCUT2D eigenvalue weighted by atomic mass is 19.1. The zero-order chi connectivity index (χ0) is 14.0. The first-order valence-corrected chi connectivity index (χ1v) is 6.27. The molecule has 0 saturated heterocycles. The second-order valence-electron chi connectivity index (χ2n) is 5.06. The van der Waals surface area contributed by atoms with Gasteiger partial charge in [0.15, 0.2) is 0 Å². The molecule has 1 aliphatic carbocycles. The van der Waals surface area contributed by atoms with Gasteiger partial charge in [-0.2, -0.15) is 5.26 Å². The first-order chi connectivity index (χ1) is 8.96. The van der Waals surface area contributed by atoms with Crippen molar-refractivity contribution in [2.75, 3.05) is 5.32 Å². The topological polar surface area (TPSA) is 78.9 Å². The molecule has 0 atom stereocenters. The summed E-state index contributed by atoms with van der Waals surface area (Å²) in [5.41, 5.74) is 5.98. The third-order valence-electron chi connectivity index (χ3n) is 3.67. The van der Waals surface area contributed by atoms with E-state index in [0.717, 1.165) is 18.9 Å². The van der Waals surface area contributed by atoms with Gasteiger partial charge in [-0.15, -0.1) is 0 Å². The molecule has 0 radical (unpaired) electrons. The lowest BCUT2D eigenvalue weighted by atomic mass is 9.97. The predicted octanol–water partition coefficient (Wildman–Crippen LogP) is 2.22. The van der Waals surface area contributed by atoms with Gasteiger partial charge in [0.25, 0.3) is 0 Å². The van der Waals surface area contributed by atoms with Gasteiger partial charge in [0, 0.05) is 11.3 Å². The lowest BCUT2D eigenvalue weighted by Gasteiger charge is -2.23. The molecule has 0 spiro atoms. The molecular formula is C14H16FN3O. The predicted molar refractivity (Wildman–Crippen MR) is 69.9 cm³/mol. The van der Waals surface area contributed by atoms with Gasteiger partial charge in [0.2, 0.25) is 5.91 Å². The average molecular weight is 261 g/mol. The minimum Gasteiger partial charge on any atom is -0.324 e. The van der Waals surface area contributed by atoms with E-state index in [1.165, 1.54) is 6.07 Å². The summed E-state index contributed by atoms with van der Waals surface area (Å²) in [5, 5.41) is 11.5. The number of hydrogen-bond acceptors (Lipinski definition) is 3. The lowest BCUT2D eigenvalue weighted by Crippen LogP contribution is -2.48. The van der Waals surface area contributed by atoms with E-state index in [2.05, 4.69) is 5.32 Å². The van der Waals surface area contributed by atoms with Crippen LogP contribution in [0.25, 0.3) is 0 Å². The third-order valence-corrected chi connectivity index (χ3v) is 3.67. The summed E-state index contributed by atoms with van der Waals surface area (Å²) in [4.78, 5) is 12.2. The molecule has 100 valence electrons. The lowest BCUT2D eigenvalue weighted by molar-refractivity contribution is -0.121. The monoisotopic (exact) mass is 261 g/mol. The summed E-state index contributed by atoms with van der Waals surface area (Å²) in [6.45, 7) is 1.56. The molecule has 1 aromatic carbocycles. The van der Waals surface area contributed by atoms with Crippen molar-refractivity contribution in [2.45, 2.75) is 38.1 Å². The van der Waals surface area contributed by atoms with Crippen molar-refractivity contribution in [3.8, 4) is 6.07 Å². The van der Waals surface area contributed by atoms with Gasteiger partial charge in [-0.05, 0) is 31.9 Å². The summed E-state index contributed by atoms with van der Waals surface area (Å²) in [6, 6.07) is 4.48. The molecule has 4 nitrogen and oxygen atoms in total. The Balaban J connectivity index is 2.26. The smallest absolute Gasteiger partial charge is 0.244 e. The molecule has 0 heterocycles. The standard InChI is InChI=1S/C14H16FN3O/c1-9-11(15)6-10(8-16)7-12(9)18-13(19)14(17)4-2-3-5-14/h6-7H,2-5,17H2,1H3,(H,18,19). The molecule has 5 heteroatoms. The Hall–Kier alpha value is -1.93. The minimum atomic E-state index is -0.869. The molecular weight excluding hydrogens is 245 g/mol. The van der Waals surface area contributed by atoms with Gasteiger partial charge < -0.3 is 11.1 Å². The fourth-order valence-corrected chi connectivity index (χ4v) is 2.35. The number of nitrogens with zero attached hydrogens (tertiary/aromatic N) is 1. The van der Waals surface area contributed by atoms with Gasteiger partial charge >= 0.3 is 0 Å². The number of hydrogen-bond donors (Lipinski definition) is 2. The average Bonchev–Trinajstić information content (AvgIpc) is 2.83. The van der Waals surface area contributed by atoms with E-state index in [9.17, 15) is 9.18 Å². The van der Waals surface area contributed by atoms with E-state index < -0.39 is 11.4 Å². The van der Waals surface area contributed by atoms with Crippen LogP contribution in [0.15, 0.2) is 12.1 Å². The zero-order valence-electron chi connectivity index (χ0n) is 10.8. The van der Waals surface area contributed by atoms with Crippen molar-refractivity contribution in [2.24, 2.45) is 5.73 Å². The first kappa shape index (κ1) is 13.5. The Bertz CT molecular complexity index is 557. The highest BCUT2D eigenvalue weighted by Gasteiger charge is 2.37. The maximum atomic E-state index is 13.6. The van der Waals surface area contributed by atoms with Gasteiger partial charge in [0.05, 0.1) is 17.2 Å². The molecule has 1 aromatic rings. The zero-order valence-corrected chi connectivity index (χ0v) is 10.8. The molecule has 0 aliphatic heterocycles. The largest absolute Gasteiger partial charge is 0.324 e. The van der Waals surface area contributed by atoms with Crippen LogP contribution in [-0.4, -0.2) is 11.4 Å². The summed E-state index contributed by atoms with van der Waals surface area (Å²) in [7, 11) is 0. The van der Waals surface area contributed by atoms with Crippen LogP contribution in [0.4, 0.5) is 10.1 Å². The van der Waals surface area contributed by atoms with Gasteiger partial charge in [-0.1, -0.05) is 12.8 Å². The van der Waals surface area contributed by atoms with E-state index in [1.54, 1.807) is 6.92 Å². The summed E-state index contributed by atoms with van der Waals surface area (Å²) in [5.74, 6) is -0.811. The SMILES string of the molecule is Cc1c(F)cc(C#N)cc1NC(=O)C1(N)CCCC1. The molecule has 0 unspecified atom stereocenters. The number of nitrogens with one attached hydrogen (secondary N) is 1. The van der Waals surface area contributed by atoms with Crippen LogP contribution in [0.5, 0.6) is 0 Å². The van der Waals surface area contributed by atoms with Gasteiger partial charge in [-0.3, -0.25) is 4.79 Å². The van der Waals surface area contributed by atoms with Crippen molar-refractivity contribution < 1.29 is 9.18 Å². The minimum absolute atomic E-state index is 0.177. The molecule has 2 rings (SSSR count). The molecule has 0 aromatic heterocycles. The number of rotatable bonds is 2. The number of carbonyl (C=O) groups is 1. The van der Waals surface area contributed by atoms with Crippen molar-refractivity contribution in [1.82, 2.24) is 0 Å². The number of anilines is 1. The fraction of sp³-hybridized carbons (Fsp3) is 0.429. The second kappa shape index (κ2) is 4.98. The molecule has 19 heavy (non-hydrogen) atoms. The molecule has 1 fully saturated rings. The number of nitrogens with two attached hydrogens (primary N) is 1. The van der Waals surface area contributed by atoms with Crippen LogP contribution in [0.1, 0.15) is 36.8 Å². The highest BCUT2D eigenvalue weighted by molar-refractivity contribution is 5.98. The van der Waals surface area contributed by atoms with Crippen LogP contribution in [0.2, 0.25) is 0 Å². The van der Waals surface area contributed by atoms with Crippen LogP contribution in [0, 0.1) is 24.1 Å². The van der Waals surface area contributed by atoms with Crippen LogP contribution < -0.4 is 11.1 Å². The second-order valence-corrected chi connectivity index (χ2v) is 5.06. The third kappa shape index (κ3) is 2.59. The summed E-state index contributed by atoms with van der Waals surface area (Å²) >= 11 is 0. The summed E-state index contributed by atoms with van der Waals surface area (Å²) in [6.07, 6.45) is 3.13. The summed E-state index contributed by atoms with van der Waals surface area (Å²) < 4.78 is 13.6. The van der Waals surface area contributed by atoms with E-state index in [0.29, 0.717) is 24.1 Å². The fourth-order valence-electron chi connectivity index (χ4n) is 2.35. The quantitative estimate of drug-likeness (QED) is 0.856. The van der Waals surface area contributed by atoms with E-state index in [1.807, 2.05) is 6.07 Å². The Morgan fingerprint density at radius 2 is 2.11 bits per heavy atom. The Kier molecular flexibility index (Phi) is 3.54. The number of nitriles is 1. The maximum absolute atomic E-state index is 13.6. The maximum Gasteiger partial charge on any atom is 0.244 e. The van der Waals surface area contributed by atoms with E-state index >= 15 is 0 Å². The van der Waals surface area contributed by atoms with Crippen molar-refractivity contribution >= 4 is 11.6 Å². The molecule has 0 bridgehead atoms. The Labute approximate surface area is 111 Å². The highest BCUT2D eigenvalue weighted by Crippen LogP contribution is 2.29. The molecule has 1 amide bonds.